The molecule has 1 unspecified atom stereocenters. The lowest BCUT2D eigenvalue weighted by atomic mass is 9.89. The molecule has 0 fully saturated rings. The Kier molecular flexibility index (Phi) is 10.7. The number of benzene rings is 2. The Bertz CT molecular complexity index is 1610. The van der Waals surface area contributed by atoms with Crippen LogP contribution in [-0.4, -0.2) is 61.1 Å². The van der Waals surface area contributed by atoms with Gasteiger partial charge in [-0.3, -0.25) is 10.4 Å². The molecule has 0 radical (unpaired) electrons. The van der Waals surface area contributed by atoms with Crippen molar-refractivity contribution in [3.05, 3.63) is 99.2 Å². The average Bonchev–Trinajstić information content (AvgIpc) is 3.37. The zero-order valence-corrected chi connectivity index (χ0v) is 22.5. The highest BCUT2D eigenvalue weighted by Gasteiger charge is 2.38. The van der Waals surface area contributed by atoms with Crippen molar-refractivity contribution < 1.29 is 36.6 Å². The lowest BCUT2D eigenvalue weighted by Crippen LogP contribution is -2.21. The van der Waals surface area contributed by atoms with E-state index in [0.717, 1.165) is 15.8 Å². The highest BCUT2D eigenvalue weighted by atomic mass is 19.4. The molecule has 0 amide bonds. The fourth-order valence-electron chi connectivity index (χ4n) is 3.83. The third-order valence-corrected chi connectivity index (χ3v) is 5.90. The predicted octanol–water partition coefficient (Wildman–Crippen LogP) is 3.69. The summed E-state index contributed by atoms with van der Waals surface area (Å²) in [5.41, 5.74) is 7.36. The first-order valence-electron chi connectivity index (χ1n) is 12.6. The van der Waals surface area contributed by atoms with Gasteiger partial charge in [0.1, 0.15) is 24.9 Å². The molecule has 0 aliphatic carbocycles. The van der Waals surface area contributed by atoms with Gasteiger partial charge in [-0.25, -0.2) is 28.3 Å². The maximum atomic E-state index is 15.7. The first kappa shape index (κ1) is 32.4. The summed E-state index contributed by atoms with van der Waals surface area (Å²) >= 11 is 0. The number of nitrogens with two attached hydrogens (primary N) is 1. The number of nitrogens with zero attached hydrogens (tertiary/aromatic N) is 4. The van der Waals surface area contributed by atoms with Crippen LogP contribution in [0.4, 0.5) is 22.0 Å². The molecule has 0 saturated carbocycles. The highest BCUT2D eigenvalue weighted by molar-refractivity contribution is 5.94. The lowest BCUT2D eigenvalue weighted by molar-refractivity contribution is -0.192. The van der Waals surface area contributed by atoms with Crippen LogP contribution in [0.25, 0.3) is 5.95 Å². The van der Waals surface area contributed by atoms with Crippen molar-refractivity contribution in [3.63, 3.8) is 0 Å². The molecule has 2 heterocycles. The molecule has 228 valence electrons. The zero-order chi connectivity index (χ0) is 31.7. The quantitative estimate of drug-likeness (QED) is 0.120. The summed E-state index contributed by atoms with van der Waals surface area (Å²) in [6, 6.07) is 11.8. The van der Waals surface area contributed by atoms with Crippen LogP contribution in [0, 0.1) is 11.2 Å². The Morgan fingerprint density at radius 2 is 1.79 bits per heavy atom. The number of aromatic amines is 1. The molecule has 0 saturated heterocycles. The van der Waals surface area contributed by atoms with E-state index in [4.69, 9.17) is 25.8 Å². The number of hydrogen-bond donors (Lipinski definition) is 4. The Morgan fingerprint density at radius 1 is 1.16 bits per heavy atom. The molecule has 11 nitrogen and oxygen atoms in total. The van der Waals surface area contributed by atoms with Gasteiger partial charge in [0.2, 0.25) is 0 Å². The van der Waals surface area contributed by atoms with Crippen LogP contribution in [0.1, 0.15) is 40.9 Å². The van der Waals surface area contributed by atoms with Crippen LogP contribution in [0.2, 0.25) is 0 Å². The molecule has 16 heteroatoms. The summed E-state index contributed by atoms with van der Waals surface area (Å²) in [4.78, 5) is 32.5. The minimum Gasteiger partial charge on any atom is -0.488 e. The number of aromatic nitrogens is 5. The molecule has 2 aromatic heterocycles. The Labute approximate surface area is 240 Å². The number of alkyl halides is 4. The van der Waals surface area contributed by atoms with E-state index in [1.54, 1.807) is 42.5 Å². The number of hydrogen-bond acceptors (Lipinski definition) is 7. The zero-order valence-electron chi connectivity index (χ0n) is 22.5. The topological polar surface area (TPSA) is 173 Å². The first-order chi connectivity index (χ1) is 20.3. The molecule has 0 bridgehead atoms. The third kappa shape index (κ3) is 8.43. The van der Waals surface area contributed by atoms with E-state index >= 15 is 4.39 Å². The Morgan fingerprint density at radius 3 is 2.33 bits per heavy atom. The minimum atomic E-state index is -5.08. The molecule has 43 heavy (non-hydrogen) atoms. The van der Waals surface area contributed by atoms with Gasteiger partial charge in [-0.15, -0.1) is 9.78 Å². The molecule has 5 N–H and O–H groups in total. The fraction of sp³-hybridized carbons (Fsp3) is 0.259. The molecule has 4 rings (SSSR count). The van der Waals surface area contributed by atoms with Gasteiger partial charge in [0.05, 0.1) is 5.92 Å². The molecular formula is C27H26F5N7O4. The number of nitrogens with one attached hydrogen (secondary N) is 2. The molecule has 2 aromatic carbocycles. The summed E-state index contributed by atoms with van der Waals surface area (Å²) in [5.74, 6) is -4.00. The van der Waals surface area contributed by atoms with Gasteiger partial charge in [0, 0.05) is 23.5 Å². The third-order valence-electron chi connectivity index (χ3n) is 5.90. The van der Waals surface area contributed by atoms with Crippen LogP contribution >= 0.6 is 0 Å². The largest absolute Gasteiger partial charge is 0.490 e. The van der Waals surface area contributed by atoms with Gasteiger partial charge in [0.25, 0.3) is 5.95 Å². The minimum absolute atomic E-state index is 0.0629. The number of nitrogen functional groups attached to an aromatic ring is 1. The number of carbonyl (C=O) groups is 1. The number of ether oxygens (including phenoxy) is 1. The molecule has 0 aliphatic rings. The van der Waals surface area contributed by atoms with Gasteiger partial charge < -0.3 is 15.6 Å². The number of halogens is 5. The number of carboxylic acids is 1. The van der Waals surface area contributed by atoms with E-state index in [9.17, 15) is 22.4 Å². The van der Waals surface area contributed by atoms with Crippen LogP contribution in [-0.2, 0) is 17.6 Å². The maximum Gasteiger partial charge on any atom is 0.490 e. The van der Waals surface area contributed by atoms with Crippen molar-refractivity contribution in [3.8, 4) is 11.7 Å². The van der Waals surface area contributed by atoms with Gasteiger partial charge in [-0.2, -0.15) is 13.2 Å². The first-order valence-corrected chi connectivity index (χ1v) is 12.6. The summed E-state index contributed by atoms with van der Waals surface area (Å²) < 4.78 is 66.6. The normalized spacial score (nSPS) is 11.8. The van der Waals surface area contributed by atoms with Gasteiger partial charge >= 0.3 is 17.8 Å². The summed E-state index contributed by atoms with van der Waals surface area (Å²) in [6.45, 7) is 0.873. The van der Waals surface area contributed by atoms with Crippen molar-refractivity contribution in [2.24, 2.45) is 5.73 Å². The van der Waals surface area contributed by atoms with E-state index < -0.39 is 36.2 Å². The van der Waals surface area contributed by atoms with Gasteiger partial charge in [0.15, 0.2) is 11.6 Å². The van der Waals surface area contributed by atoms with Crippen molar-refractivity contribution in [1.29, 1.82) is 5.41 Å². The van der Waals surface area contributed by atoms with Crippen LogP contribution in [0.3, 0.4) is 0 Å². The highest BCUT2D eigenvalue weighted by Crippen LogP contribution is 2.34. The number of aryl methyl sites for hydroxylation is 1. The SMILES string of the molecule is CCc1cc(OCCF)c(F)c(C(Cc2ccc(C(=N)N)cc2)c2nn(-c3ncccn3)c(=O)[nH]2)c1.O=C(O)C(F)(F)F. The van der Waals surface area contributed by atoms with Gasteiger partial charge in [-0.05, 0) is 36.1 Å². The number of H-pyrrole nitrogens is 1. The molecular weight excluding hydrogens is 581 g/mol. The molecule has 0 spiro atoms. The van der Waals surface area contributed by atoms with Crippen LogP contribution < -0.4 is 16.2 Å². The summed E-state index contributed by atoms with van der Waals surface area (Å²) in [5, 5.41) is 19.1. The van der Waals surface area contributed by atoms with Crippen LogP contribution in [0.15, 0.2) is 59.7 Å². The average molecular weight is 608 g/mol. The van der Waals surface area contributed by atoms with Crippen LogP contribution in [0.5, 0.6) is 5.75 Å². The Balaban J connectivity index is 0.000000646. The van der Waals surface area contributed by atoms with E-state index in [-0.39, 0.29) is 41.9 Å². The van der Waals surface area contributed by atoms with E-state index in [0.29, 0.717) is 12.0 Å². The fourth-order valence-corrected chi connectivity index (χ4v) is 3.83. The maximum absolute atomic E-state index is 15.7. The smallest absolute Gasteiger partial charge is 0.488 e. The summed E-state index contributed by atoms with van der Waals surface area (Å²) in [7, 11) is 0. The number of aliphatic carboxylic acids is 1. The van der Waals surface area contributed by atoms with Gasteiger partial charge in [-0.1, -0.05) is 37.3 Å². The van der Waals surface area contributed by atoms with Crippen molar-refractivity contribution in [2.45, 2.75) is 31.9 Å². The van der Waals surface area contributed by atoms with Crippen molar-refractivity contribution >= 4 is 11.8 Å². The predicted molar refractivity (Wildman–Crippen MR) is 144 cm³/mol. The standard InChI is InChI=1S/C25H25F2N7O2.C2HF3O2/c1-2-15-12-18(21(27)20(14-15)36-11-8-26)19(13-16-4-6-17(7-5-16)22(28)29)23-32-25(35)34(33-23)24-30-9-3-10-31-24;3-2(4,5)1(6)7/h3-7,9-10,12,14,19H,2,8,11,13H2,1H3,(H3,28,29)(H,32,33,35);(H,6,7). The van der Waals surface area contributed by atoms with Crippen molar-refractivity contribution in [2.75, 3.05) is 13.3 Å². The molecule has 0 aliphatic heterocycles. The summed E-state index contributed by atoms with van der Waals surface area (Å²) in [6.07, 6.45) is -1.28. The lowest BCUT2D eigenvalue weighted by Gasteiger charge is -2.19. The number of carboxylic acid groups (broad SMARTS) is 1. The second kappa shape index (κ2) is 14.2. The molecule has 1 atom stereocenters. The van der Waals surface area contributed by atoms with E-state index in [1.165, 1.54) is 12.4 Å². The Hall–Kier alpha value is -5.15. The number of rotatable bonds is 10. The van der Waals surface area contributed by atoms with Crippen molar-refractivity contribution in [1.82, 2.24) is 24.7 Å². The molecule has 4 aromatic rings. The number of amidine groups is 1. The second-order valence-corrected chi connectivity index (χ2v) is 8.83. The van der Waals surface area contributed by atoms with E-state index in [1.807, 2.05) is 6.92 Å². The second-order valence-electron chi connectivity index (χ2n) is 8.83. The monoisotopic (exact) mass is 607 g/mol. The van der Waals surface area contributed by atoms with E-state index in [2.05, 4.69) is 20.1 Å².